The van der Waals surface area contributed by atoms with Gasteiger partial charge >= 0.3 is 0 Å². The zero-order chi connectivity index (χ0) is 16.5. The Morgan fingerprint density at radius 1 is 1.13 bits per heavy atom. The Hall–Kier alpha value is -2.45. The summed E-state index contributed by atoms with van der Waals surface area (Å²) in [5, 5.41) is 2.73. The van der Waals surface area contributed by atoms with E-state index in [1.807, 2.05) is 24.3 Å². The Morgan fingerprint density at radius 3 is 2.70 bits per heavy atom. The van der Waals surface area contributed by atoms with E-state index in [1.165, 1.54) is 0 Å². The number of ether oxygens (including phenoxy) is 2. The molecule has 118 valence electrons. The summed E-state index contributed by atoms with van der Waals surface area (Å²) < 4.78 is 11.5. The average Bonchev–Trinajstić information content (AvgIpc) is 2.58. The first kappa shape index (κ1) is 16.9. The summed E-state index contributed by atoms with van der Waals surface area (Å²) >= 11 is 3.37. The van der Waals surface area contributed by atoms with Crippen LogP contribution in [0.25, 0.3) is 0 Å². The van der Waals surface area contributed by atoms with Crippen molar-refractivity contribution in [3.63, 3.8) is 0 Å². The minimum absolute atomic E-state index is 0.189. The predicted octanol–water partition coefficient (Wildman–Crippen LogP) is 3.27. The number of carbonyl (C=O) groups excluding carboxylic acids is 1. The number of halogens is 1. The molecule has 0 unspecified atom stereocenters. The van der Waals surface area contributed by atoms with Crippen molar-refractivity contribution in [3.8, 4) is 23.3 Å². The topological polar surface area (TPSA) is 47.6 Å². The average molecular weight is 374 g/mol. The van der Waals surface area contributed by atoms with E-state index in [0.717, 1.165) is 10.2 Å². The molecule has 2 rings (SSSR count). The number of nitrogens with one attached hydrogen (secondary N) is 1. The van der Waals surface area contributed by atoms with E-state index in [9.17, 15) is 4.79 Å². The lowest BCUT2D eigenvalue weighted by Gasteiger charge is -2.04. The van der Waals surface area contributed by atoms with Crippen molar-refractivity contribution in [3.05, 3.63) is 58.6 Å². The molecule has 0 fully saturated rings. The maximum Gasteiger partial charge on any atom is 0.252 e. The molecule has 2 aromatic rings. The molecule has 1 N–H and O–H groups in total. The number of rotatable bonds is 5. The van der Waals surface area contributed by atoms with Gasteiger partial charge in [-0.2, -0.15) is 0 Å². The van der Waals surface area contributed by atoms with Crippen LogP contribution in [0, 0.1) is 11.8 Å². The van der Waals surface area contributed by atoms with Gasteiger partial charge in [-0.25, -0.2) is 0 Å². The lowest BCUT2D eigenvalue weighted by molar-refractivity contribution is 0.0958. The fourth-order valence-electron chi connectivity index (χ4n) is 1.78. The maximum absolute atomic E-state index is 11.9. The highest BCUT2D eigenvalue weighted by atomic mass is 79.9. The maximum atomic E-state index is 11.9. The summed E-state index contributed by atoms with van der Waals surface area (Å²) in [5.74, 6) is 6.91. The Labute approximate surface area is 143 Å². The van der Waals surface area contributed by atoms with Gasteiger partial charge in [-0.05, 0) is 36.4 Å². The van der Waals surface area contributed by atoms with Crippen LogP contribution in [0.2, 0.25) is 0 Å². The van der Waals surface area contributed by atoms with Crippen LogP contribution in [0.3, 0.4) is 0 Å². The number of hydrogen-bond acceptors (Lipinski definition) is 3. The summed E-state index contributed by atoms with van der Waals surface area (Å²) in [6, 6.07) is 14.5. The first-order valence-electron chi connectivity index (χ1n) is 6.95. The van der Waals surface area contributed by atoms with E-state index >= 15 is 0 Å². The van der Waals surface area contributed by atoms with Crippen molar-refractivity contribution in [1.82, 2.24) is 5.32 Å². The van der Waals surface area contributed by atoms with Crippen LogP contribution in [0.15, 0.2) is 53.0 Å². The molecule has 1 amide bonds. The van der Waals surface area contributed by atoms with Crippen molar-refractivity contribution in [2.75, 3.05) is 20.3 Å². The van der Waals surface area contributed by atoms with Crippen LogP contribution in [0.5, 0.6) is 11.5 Å². The van der Waals surface area contributed by atoms with E-state index < -0.39 is 0 Å². The predicted molar refractivity (Wildman–Crippen MR) is 92.7 cm³/mol. The van der Waals surface area contributed by atoms with Crippen LogP contribution < -0.4 is 14.8 Å². The highest BCUT2D eigenvalue weighted by Crippen LogP contribution is 2.17. The van der Waals surface area contributed by atoms with E-state index in [1.54, 1.807) is 31.4 Å². The molecule has 0 aliphatic heterocycles. The first-order chi connectivity index (χ1) is 11.2. The molecule has 0 spiro atoms. The third kappa shape index (κ3) is 5.68. The summed E-state index contributed by atoms with van der Waals surface area (Å²) in [7, 11) is 1.56. The number of amides is 1. The highest BCUT2D eigenvalue weighted by Gasteiger charge is 2.04. The molecule has 0 saturated carbocycles. The normalized spacial score (nSPS) is 9.48. The second-order valence-corrected chi connectivity index (χ2v) is 5.43. The zero-order valence-corrected chi connectivity index (χ0v) is 14.2. The Balaban J connectivity index is 1.75. The molecule has 0 radical (unpaired) electrons. The van der Waals surface area contributed by atoms with Crippen molar-refractivity contribution >= 4 is 21.8 Å². The Morgan fingerprint density at radius 2 is 1.91 bits per heavy atom. The van der Waals surface area contributed by atoms with Gasteiger partial charge in [0.1, 0.15) is 18.1 Å². The van der Waals surface area contributed by atoms with Gasteiger partial charge in [-0.3, -0.25) is 4.79 Å². The third-order valence-corrected chi connectivity index (χ3v) is 3.39. The smallest absolute Gasteiger partial charge is 0.252 e. The molecular formula is C18H16BrNO3. The van der Waals surface area contributed by atoms with Gasteiger partial charge < -0.3 is 14.8 Å². The number of benzene rings is 2. The molecule has 0 aromatic heterocycles. The number of hydrogen-bond donors (Lipinski definition) is 1. The van der Waals surface area contributed by atoms with E-state index in [0.29, 0.717) is 11.3 Å². The molecule has 0 bridgehead atoms. The van der Waals surface area contributed by atoms with Gasteiger partial charge in [0.2, 0.25) is 0 Å². The second-order valence-electron chi connectivity index (χ2n) is 4.51. The van der Waals surface area contributed by atoms with Crippen molar-refractivity contribution < 1.29 is 14.3 Å². The van der Waals surface area contributed by atoms with Gasteiger partial charge in [0, 0.05) is 10.0 Å². The van der Waals surface area contributed by atoms with Gasteiger partial charge in [0.05, 0.1) is 13.7 Å². The fourth-order valence-corrected chi connectivity index (χ4v) is 2.16. The molecule has 0 saturated heterocycles. The highest BCUT2D eigenvalue weighted by molar-refractivity contribution is 9.10. The second kappa shape index (κ2) is 8.86. The van der Waals surface area contributed by atoms with Crippen LogP contribution in [0.1, 0.15) is 10.4 Å². The summed E-state index contributed by atoms with van der Waals surface area (Å²) in [6.07, 6.45) is 0. The minimum Gasteiger partial charge on any atom is -0.497 e. The lowest BCUT2D eigenvalue weighted by atomic mass is 10.2. The van der Waals surface area contributed by atoms with E-state index in [-0.39, 0.29) is 19.1 Å². The van der Waals surface area contributed by atoms with Crippen LogP contribution in [-0.2, 0) is 0 Å². The van der Waals surface area contributed by atoms with Crippen molar-refractivity contribution in [2.24, 2.45) is 0 Å². The Bertz CT molecular complexity index is 734. The minimum atomic E-state index is -0.189. The van der Waals surface area contributed by atoms with E-state index in [4.69, 9.17) is 9.47 Å². The molecule has 0 aliphatic rings. The molecule has 0 heterocycles. The molecular weight excluding hydrogens is 358 g/mol. The largest absolute Gasteiger partial charge is 0.497 e. The van der Waals surface area contributed by atoms with Gasteiger partial charge in [0.25, 0.3) is 5.91 Å². The molecule has 0 aliphatic carbocycles. The van der Waals surface area contributed by atoms with Crippen LogP contribution >= 0.6 is 15.9 Å². The number of methoxy groups -OCH3 is 1. The Kier molecular flexibility index (Phi) is 6.52. The zero-order valence-electron chi connectivity index (χ0n) is 12.6. The molecule has 5 heteroatoms. The molecule has 0 atom stereocenters. The van der Waals surface area contributed by atoms with Crippen molar-refractivity contribution in [2.45, 2.75) is 0 Å². The fraction of sp³-hybridized carbons (Fsp3) is 0.167. The summed E-state index contributed by atoms with van der Waals surface area (Å²) in [5.41, 5.74) is 0.538. The summed E-state index contributed by atoms with van der Waals surface area (Å²) in [4.78, 5) is 11.9. The first-order valence-corrected chi connectivity index (χ1v) is 7.74. The van der Waals surface area contributed by atoms with Crippen LogP contribution in [-0.4, -0.2) is 26.2 Å². The SMILES string of the molecule is COc1cccc(C(=O)NCC#CCOc2cccc(Br)c2)c1. The standard InChI is InChI=1S/C18H16BrNO3/c1-22-16-8-4-6-14(12-16)18(21)20-10-2-3-11-23-17-9-5-7-15(19)13-17/h4-9,12-13H,10-11H2,1H3,(H,20,21). The van der Waals surface area contributed by atoms with Crippen LogP contribution in [0.4, 0.5) is 0 Å². The number of carbonyl (C=O) groups is 1. The monoisotopic (exact) mass is 373 g/mol. The quantitative estimate of drug-likeness (QED) is 0.818. The molecule has 4 nitrogen and oxygen atoms in total. The summed E-state index contributed by atoms with van der Waals surface area (Å²) in [6.45, 7) is 0.531. The lowest BCUT2D eigenvalue weighted by Crippen LogP contribution is -2.23. The van der Waals surface area contributed by atoms with Gasteiger partial charge in [-0.1, -0.05) is 39.9 Å². The third-order valence-electron chi connectivity index (χ3n) is 2.90. The van der Waals surface area contributed by atoms with Gasteiger partial charge in [0.15, 0.2) is 0 Å². The van der Waals surface area contributed by atoms with E-state index in [2.05, 4.69) is 33.1 Å². The molecule has 2 aromatic carbocycles. The van der Waals surface area contributed by atoms with Crippen molar-refractivity contribution in [1.29, 1.82) is 0 Å². The molecule has 23 heavy (non-hydrogen) atoms. The van der Waals surface area contributed by atoms with Gasteiger partial charge in [-0.15, -0.1) is 0 Å².